The van der Waals surface area contributed by atoms with Gasteiger partial charge >= 0.3 is 6.09 Å². The van der Waals surface area contributed by atoms with Crippen LogP contribution in [0.2, 0.25) is 10.0 Å². The maximum atomic E-state index is 11.9. The molecule has 0 bridgehead atoms. The maximum absolute atomic E-state index is 11.9. The van der Waals surface area contributed by atoms with Crippen LogP contribution in [-0.2, 0) is 4.74 Å². The van der Waals surface area contributed by atoms with Crippen LogP contribution in [0.3, 0.4) is 0 Å². The highest BCUT2D eigenvalue weighted by Gasteiger charge is 2.25. The highest BCUT2D eigenvalue weighted by molar-refractivity contribution is 6.42. The molecule has 1 aromatic rings. The third-order valence-corrected chi connectivity index (χ3v) is 4.42. The summed E-state index contributed by atoms with van der Waals surface area (Å²) in [6, 6.07) is 5.94. The molecular formula is C17H24Cl2N2O2. The molecule has 1 amide bonds. The number of carbonyl (C=O) groups is 1. The van der Waals surface area contributed by atoms with Crippen LogP contribution in [-0.4, -0.2) is 23.8 Å². The average molecular weight is 359 g/mol. The van der Waals surface area contributed by atoms with Crippen LogP contribution in [0, 0.1) is 0 Å². The fourth-order valence-electron chi connectivity index (χ4n) is 2.75. The molecule has 1 saturated carbocycles. The third kappa shape index (κ3) is 6.11. The SMILES string of the molecule is CC(C)(C)OC(=O)NC1CCCC(Nc2ccc(Cl)c(Cl)c2)C1. The van der Waals surface area contributed by atoms with Crippen molar-refractivity contribution in [1.29, 1.82) is 0 Å². The fourth-order valence-corrected chi connectivity index (χ4v) is 3.05. The van der Waals surface area contributed by atoms with Gasteiger partial charge in [0.05, 0.1) is 10.0 Å². The summed E-state index contributed by atoms with van der Waals surface area (Å²) in [5.74, 6) is 0. The highest BCUT2D eigenvalue weighted by Crippen LogP contribution is 2.28. The number of amides is 1. The average Bonchev–Trinajstić information content (AvgIpc) is 2.41. The van der Waals surface area contributed by atoms with Crippen LogP contribution >= 0.6 is 23.2 Å². The molecule has 2 rings (SSSR count). The van der Waals surface area contributed by atoms with Crippen molar-refractivity contribution >= 4 is 35.0 Å². The van der Waals surface area contributed by atoms with Gasteiger partial charge in [-0.2, -0.15) is 0 Å². The Bertz CT molecular complexity index is 558. The first kappa shape index (κ1) is 18.2. The molecule has 6 heteroatoms. The molecule has 1 aromatic carbocycles. The maximum Gasteiger partial charge on any atom is 0.407 e. The molecule has 0 heterocycles. The lowest BCUT2D eigenvalue weighted by Crippen LogP contribution is -2.43. The first-order valence-corrected chi connectivity index (χ1v) is 8.69. The summed E-state index contributed by atoms with van der Waals surface area (Å²) in [6.07, 6.45) is 3.60. The van der Waals surface area contributed by atoms with E-state index in [4.69, 9.17) is 27.9 Å². The van der Waals surface area contributed by atoms with Crippen molar-refractivity contribution in [3.05, 3.63) is 28.2 Å². The van der Waals surface area contributed by atoms with E-state index in [1.165, 1.54) is 0 Å². The molecule has 1 fully saturated rings. The van der Waals surface area contributed by atoms with Crippen LogP contribution < -0.4 is 10.6 Å². The summed E-state index contributed by atoms with van der Waals surface area (Å²) in [6.45, 7) is 5.59. The molecule has 0 aliphatic heterocycles. The van der Waals surface area contributed by atoms with Gasteiger partial charge in [0.25, 0.3) is 0 Å². The van der Waals surface area contributed by atoms with Crippen molar-refractivity contribution in [3.63, 3.8) is 0 Å². The van der Waals surface area contributed by atoms with Gasteiger partial charge < -0.3 is 15.4 Å². The van der Waals surface area contributed by atoms with Crippen molar-refractivity contribution in [2.75, 3.05) is 5.32 Å². The Balaban J connectivity index is 1.88. The van der Waals surface area contributed by atoms with Crippen LogP contribution in [0.4, 0.5) is 10.5 Å². The van der Waals surface area contributed by atoms with Crippen LogP contribution in [0.1, 0.15) is 46.5 Å². The number of benzene rings is 1. The molecule has 2 atom stereocenters. The van der Waals surface area contributed by atoms with Crippen molar-refractivity contribution in [1.82, 2.24) is 5.32 Å². The smallest absolute Gasteiger partial charge is 0.407 e. The summed E-state index contributed by atoms with van der Waals surface area (Å²) in [7, 11) is 0. The zero-order valence-corrected chi connectivity index (χ0v) is 15.3. The number of ether oxygens (including phenoxy) is 1. The lowest BCUT2D eigenvalue weighted by molar-refractivity contribution is 0.0492. The number of nitrogens with one attached hydrogen (secondary N) is 2. The Morgan fingerprint density at radius 1 is 1.17 bits per heavy atom. The van der Waals surface area contributed by atoms with Gasteiger partial charge in [-0.05, 0) is 64.7 Å². The predicted octanol–water partition coefficient (Wildman–Crippen LogP) is 5.24. The van der Waals surface area contributed by atoms with Crippen molar-refractivity contribution in [2.45, 2.75) is 64.1 Å². The fraction of sp³-hybridized carbons (Fsp3) is 0.588. The lowest BCUT2D eigenvalue weighted by atomic mass is 9.91. The summed E-state index contributed by atoms with van der Waals surface area (Å²) >= 11 is 12.0. The van der Waals surface area contributed by atoms with Gasteiger partial charge in [0.15, 0.2) is 0 Å². The van der Waals surface area contributed by atoms with Gasteiger partial charge in [0, 0.05) is 17.8 Å². The number of carbonyl (C=O) groups excluding carboxylic acids is 1. The second kappa shape index (κ2) is 7.63. The molecule has 0 aromatic heterocycles. The molecule has 0 saturated heterocycles. The summed E-state index contributed by atoms with van der Waals surface area (Å²) in [4.78, 5) is 11.9. The number of rotatable bonds is 3. The van der Waals surface area contributed by atoms with Crippen LogP contribution in [0.15, 0.2) is 18.2 Å². The van der Waals surface area contributed by atoms with E-state index in [0.29, 0.717) is 16.1 Å². The summed E-state index contributed by atoms with van der Waals surface area (Å²) in [5.41, 5.74) is 0.471. The van der Waals surface area contributed by atoms with Crippen LogP contribution in [0.25, 0.3) is 0 Å². The van der Waals surface area contributed by atoms with E-state index >= 15 is 0 Å². The molecule has 4 nitrogen and oxygen atoms in total. The van der Waals surface area contributed by atoms with E-state index in [2.05, 4.69) is 10.6 Å². The molecule has 1 aliphatic carbocycles. The molecule has 0 spiro atoms. The van der Waals surface area contributed by atoms with E-state index in [-0.39, 0.29) is 12.1 Å². The Labute approximate surface area is 147 Å². The number of halogens is 2. The minimum atomic E-state index is -0.476. The third-order valence-electron chi connectivity index (χ3n) is 3.69. The summed E-state index contributed by atoms with van der Waals surface area (Å²) in [5, 5.41) is 7.51. The van der Waals surface area contributed by atoms with E-state index in [0.717, 1.165) is 31.4 Å². The first-order chi connectivity index (χ1) is 10.7. The van der Waals surface area contributed by atoms with Crippen molar-refractivity contribution in [2.24, 2.45) is 0 Å². The van der Waals surface area contributed by atoms with Gasteiger partial charge in [0.2, 0.25) is 0 Å². The monoisotopic (exact) mass is 358 g/mol. The van der Waals surface area contributed by atoms with Gasteiger partial charge in [-0.15, -0.1) is 0 Å². The Hall–Kier alpha value is -1.13. The molecule has 2 N–H and O–H groups in total. The Morgan fingerprint density at radius 2 is 1.87 bits per heavy atom. The molecule has 1 aliphatic rings. The van der Waals surface area contributed by atoms with Gasteiger partial charge in [-0.3, -0.25) is 0 Å². The molecular weight excluding hydrogens is 335 g/mol. The Morgan fingerprint density at radius 3 is 2.52 bits per heavy atom. The largest absolute Gasteiger partial charge is 0.444 e. The van der Waals surface area contributed by atoms with E-state index in [9.17, 15) is 4.79 Å². The number of anilines is 1. The zero-order chi connectivity index (χ0) is 17.0. The molecule has 128 valence electrons. The Kier molecular flexibility index (Phi) is 6.04. The molecule has 0 radical (unpaired) electrons. The second-order valence-electron chi connectivity index (χ2n) is 6.98. The normalized spacial score (nSPS) is 21.6. The number of hydrogen-bond acceptors (Lipinski definition) is 3. The molecule has 2 unspecified atom stereocenters. The van der Waals surface area contributed by atoms with Gasteiger partial charge in [0.1, 0.15) is 5.60 Å². The zero-order valence-electron chi connectivity index (χ0n) is 13.8. The quantitative estimate of drug-likeness (QED) is 0.776. The standard InChI is InChI=1S/C17H24Cl2N2O2/c1-17(2,3)23-16(22)21-12-6-4-5-11(9-12)20-13-7-8-14(18)15(19)10-13/h7-8,10-12,20H,4-6,9H2,1-3H3,(H,21,22). The topological polar surface area (TPSA) is 50.4 Å². The lowest BCUT2D eigenvalue weighted by Gasteiger charge is -2.31. The highest BCUT2D eigenvalue weighted by atomic mass is 35.5. The van der Waals surface area contributed by atoms with Crippen molar-refractivity contribution in [3.8, 4) is 0 Å². The van der Waals surface area contributed by atoms with Crippen LogP contribution in [0.5, 0.6) is 0 Å². The van der Waals surface area contributed by atoms with E-state index in [1.807, 2.05) is 32.9 Å². The number of alkyl carbamates (subject to hydrolysis) is 1. The van der Waals surface area contributed by atoms with Gasteiger partial charge in [-0.1, -0.05) is 23.2 Å². The summed E-state index contributed by atoms with van der Waals surface area (Å²) < 4.78 is 5.32. The second-order valence-corrected chi connectivity index (χ2v) is 7.79. The van der Waals surface area contributed by atoms with Gasteiger partial charge in [-0.25, -0.2) is 4.79 Å². The predicted molar refractivity (Wildman–Crippen MR) is 95.5 cm³/mol. The van der Waals surface area contributed by atoms with Crippen molar-refractivity contribution < 1.29 is 9.53 Å². The first-order valence-electron chi connectivity index (χ1n) is 7.94. The molecule has 23 heavy (non-hydrogen) atoms. The van der Waals surface area contributed by atoms with E-state index in [1.54, 1.807) is 6.07 Å². The minimum Gasteiger partial charge on any atom is -0.444 e. The minimum absolute atomic E-state index is 0.124. The van der Waals surface area contributed by atoms with E-state index < -0.39 is 5.60 Å². The number of hydrogen-bond donors (Lipinski definition) is 2.